The summed E-state index contributed by atoms with van der Waals surface area (Å²) in [5.41, 5.74) is -0.660. The Morgan fingerprint density at radius 1 is 1.09 bits per heavy atom. The lowest BCUT2D eigenvalue weighted by molar-refractivity contribution is -0.137. The number of urea groups is 1. The van der Waals surface area contributed by atoms with E-state index in [0.717, 1.165) is 21.2 Å². The van der Waals surface area contributed by atoms with Crippen molar-refractivity contribution in [2.75, 3.05) is 11.9 Å². The summed E-state index contributed by atoms with van der Waals surface area (Å²) in [5.74, 6) is -1.42. The van der Waals surface area contributed by atoms with Gasteiger partial charge in [0, 0.05) is 6.07 Å². The van der Waals surface area contributed by atoms with Crippen LogP contribution in [0.3, 0.4) is 0 Å². The third-order valence-corrected chi connectivity index (χ3v) is 5.74. The Balaban J connectivity index is 1.56. The maximum atomic E-state index is 13.5. The SMILES string of the molecule is Cc1ccc(C2(C)NC(=O)N(CC(=O)Nc3cc(C)nn3-c3ccccc3C(F)(F)F)C2=O)cc1. The standard InChI is InChI=1S/C24H22F3N5O3/c1-14-8-10-16(11-9-14)23(3)21(34)31(22(35)29-23)13-20(33)28-19-12-15(2)30-32(19)18-7-5-4-6-17(18)24(25,26)27/h4-12H,13H2,1-3H3,(H,28,33)(H,29,35). The van der Waals surface area contributed by atoms with Gasteiger partial charge in [0.05, 0.1) is 16.9 Å². The lowest BCUT2D eigenvalue weighted by Gasteiger charge is -2.22. The molecule has 0 bridgehead atoms. The molecule has 2 heterocycles. The van der Waals surface area contributed by atoms with Crippen molar-refractivity contribution < 1.29 is 27.6 Å². The van der Waals surface area contributed by atoms with Crippen LogP contribution in [-0.4, -0.2) is 39.1 Å². The monoisotopic (exact) mass is 485 g/mol. The number of aryl methyl sites for hydroxylation is 2. The van der Waals surface area contributed by atoms with Gasteiger partial charge in [0.2, 0.25) is 5.91 Å². The second kappa shape index (κ2) is 8.57. The van der Waals surface area contributed by atoms with E-state index in [0.29, 0.717) is 11.3 Å². The molecular formula is C24H22F3N5O3. The van der Waals surface area contributed by atoms with Gasteiger partial charge in [0.25, 0.3) is 5.91 Å². The highest BCUT2D eigenvalue weighted by atomic mass is 19.4. The van der Waals surface area contributed by atoms with Gasteiger partial charge in [-0.1, -0.05) is 42.0 Å². The molecule has 0 spiro atoms. The van der Waals surface area contributed by atoms with Crippen molar-refractivity contribution in [2.45, 2.75) is 32.5 Å². The van der Waals surface area contributed by atoms with Crippen LogP contribution in [0.4, 0.5) is 23.8 Å². The van der Waals surface area contributed by atoms with E-state index in [4.69, 9.17) is 0 Å². The first-order chi connectivity index (χ1) is 16.4. The van der Waals surface area contributed by atoms with Gasteiger partial charge >= 0.3 is 12.2 Å². The molecule has 2 aromatic carbocycles. The van der Waals surface area contributed by atoms with Crippen molar-refractivity contribution in [3.05, 3.63) is 77.0 Å². The molecule has 2 N–H and O–H groups in total. The van der Waals surface area contributed by atoms with E-state index in [-0.39, 0.29) is 11.5 Å². The van der Waals surface area contributed by atoms with E-state index < -0.39 is 41.7 Å². The number of rotatable bonds is 5. The molecule has 1 fully saturated rings. The van der Waals surface area contributed by atoms with Crippen molar-refractivity contribution in [2.24, 2.45) is 0 Å². The Hall–Kier alpha value is -4.15. The third-order valence-electron chi connectivity index (χ3n) is 5.74. The molecule has 0 radical (unpaired) electrons. The Labute approximate surface area is 198 Å². The van der Waals surface area contributed by atoms with E-state index >= 15 is 0 Å². The number of nitrogens with zero attached hydrogens (tertiary/aromatic N) is 3. The van der Waals surface area contributed by atoms with Crippen molar-refractivity contribution in [1.29, 1.82) is 0 Å². The van der Waals surface area contributed by atoms with Crippen molar-refractivity contribution in [3.63, 3.8) is 0 Å². The zero-order valence-electron chi connectivity index (χ0n) is 19.1. The highest BCUT2D eigenvalue weighted by Gasteiger charge is 2.49. The van der Waals surface area contributed by atoms with Gasteiger partial charge in [-0.3, -0.25) is 14.5 Å². The van der Waals surface area contributed by atoms with Crippen LogP contribution in [0.25, 0.3) is 5.69 Å². The predicted octanol–water partition coefficient (Wildman–Crippen LogP) is 3.91. The van der Waals surface area contributed by atoms with Crippen LogP contribution in [0, 0.1) is 13.8 Å². The summed E-state index contributed by atoms with van der Waals surface area (Å²) in [7, 11) is 0. The summed E-state index contributed by atoms with van der Waals surface area (Å²) >= 11 is 0. The molecule has 4 amide bonds. The largest absolute Gasteiger partial charge is 0.418 e. The quantitative estimate of drug-likeness (QED) is 0.536. The molecule has 11 heteroatoms. The molecule has 1 aromatic heterocycles. The minimum absolute atomic E-state index is 0.0300. The zero-order chi connectivity index (χ0) is 25.5. The second-order valence-electron chi connectivity index (χ2n) is 8.46. The second-order valence-corrected chi connectivity index (χ2v) is 8.46. The molecule has 1 aliphatic heterocycles. The topological polar surface area (TPSA) is 96.3 Å². The van der Waals surface area contributed by atoms with Crippen molar-refractivity contribution in [1.82, 2.24) is 20.0 Å². The molecule has 3 aromatic rings. The number of para-hydroxylation sites is 1. The predicted molar refractivity (Wildman–Crippen MR) is 121 cm³/mol. The van der Waals surface area contributed by atoms with E-state index in [1.165, 1.54) is 24.3 Å². The van der Waals surface area contributed by atoms with Crippen LogP contribution < -0.4 is 10.6 Å². The first kappa shape index (κ1) is 24.0. The molecule has 1 aliphatic rings. The molecule has 0 aliphatic carbocycles. The number of carbonyl (C=O) groups is 3. The number of hydrogen-bond acceptors (Lipinski definition) is 4. The lowest BCUT2D eigenvalue weighted by atomic mass is 9.91. The maximum absolute atomic E-state index is 13.5. The van der Waals surface area contributed by atoms with Crippen molar-refractivity contribution in [3.8, 4) is 5.69 Å². The van der Waals surface area contributed by atoms with Gasteiger partial charge in [0.15, 0.2) is 0 Å². The minimum atomic E-state index is -4.64. The number of halogens is 3. The van der Waals surface area contributed by atoms with Gasteiger partial charge in [-0.05, 0) is 38.5 Å². The molecule has 0 saturated carbocycles. The molecular weight excluding hydrogens is 463 g/mol. The molecule has 8 nitrogen and oxygen atoms in total. The molecule has 4 rings (SSSR count). The van der Waals surface area contributed by atoms with Crippen LogP contribution in [0.2, 0.25) is 0 Å². The lowest BCUT2D eigenvalue weighted by Crippen LogP contribution is -2.42. The van der Waals surface area contributed by atoms with Gasteiger partial charge in [-0.15, -0.1) is 0 Å². The molecule has 1 unspecified atom stereocenters. The Morgan fingerprint density at radius 2 is 1.74 bits per heavy atom. The highest BCUT2D eigenvalue weighted by molar-refractivity contribution is 6.10. The average Bonchev–Trinajstić information content (AvgIpc) is 3.25. The van der Waals surface area contributed by atoms with Crippen LogP contribution in [0.5, 0.6) is 0 Å². The van der Waals surface area contributed by atoms with Gasteiger partial charge in [-0.25, -0.2) is 9.48 Å². The molecule has 1 saturated heterocycles. The van der Waals surface area contributed by atoms with Gasteiger partial charge < -0.3 is 10.6 Å². The summed E-state index contributed by atoms with van der Waals surface area (Å²) in [4.78, 5) is 39.2. The Kier molecular flexibility index (Phi) is 5.87. The number of amides is 4. The van der Waals surface area contributed by atoms with Gasteiger partial charge in [-0.2, -0.15) is 18.3 Å². The first-order valence-electron chi connectivity index (χ1n) is 10.6. The minimum Gasteiger partial charge on any atom is -0.319 e. The maximum Gasteiger partial charge on any atom is 0.418 e. The fraction of sp³-hybridized carbons (Fsp3) is 0.250. The van der Waals surface area contributed by atoms with Crippen LogP contribution in [0.15, 0.2) is 54.6 Å². The number of anilines is 1. The number of imide groups is 1. The molecule has 182 valence electrons. The summed E-state index contributed by atoms with van der Waals surface area (Å²) in [6, 6.07) is 12.5. The summed E-state index contributed by atoms with van der Waals surface area (Å²) in [6.07, 6.45) is -4.64. The normalized spacial score (nSPS) is 18.1. The highest BCUT2D eigenvalue weighted by Crippen LogP contribution is 2.35. The van der Waals surface area contributed by atoms with Crippen molar-refractivity contribution >= 4 is 23.7 Å². The number of benzene rings is 2. The fourth-order valence-corrected chi connectivity index (χ4v) is 3.92. The van der Waals surface area contributed by atoms with Crippen LogP contribution in [0.1, 0.15) is 29.3 Å². The first-order valence-corrected chi connectivity index (χ1v) is 10.6. The number of carbonyl (C=O) groups excluding carboxylic acids is 3. The summed E-state index contributed by atoms with van der Waals surface area (Å²) in [6.45, 7) is 4.36. The van der Waals surface area contributed by atoms with E-state index in [1.807, 2.05) is 6.92 Å². The summed E-state index contributed by atoms with van der Waals surface area (Å²) < 4.78 is 41.5. The van der Waals surface area contributed by atoms with Crippen LogP contribution in [-0.2, 0) is 21.3 Å². The molecule has 1 atom stereocenters. The Bertz CT molecular complexity index is 1320. The number of aromatic nitrogens is 2. The Morgan fingerprint density at radius 3 is 2.40 bits per heavy atom. The number of hydrogen-bond donors (Lipinski definition) is 2. The zero-order valence-corrected chi connectivity index (χ0v) is 19.1. The fourth-order valence-electron chi connectivity index (χ4n) is 3.92. The summed E-state index contributed by atoms with van der Waals surface area (Å²) in [5, 5.41) is 9.17. The molecule has 35 heavy (non-hydrogen) atoms. The number of alkyl halides is 3. The van der Waals surface area contributed by atoms with Gasteiger partial charge in [0.1, 0.15) is 17.9 Å². The smallest absolute Gasteiger partial charge is 0.319 e. The van der Waals surface area contributed by atoms with E-state index in [9.17, 15) is 27.6 Å². The van der Waals surface area contributed by atoms with E-state index in [2.05, 4.69) is 15.7 Å². The number of nitrogens with one attached hydrogen (secondary N) is 2. The third kappa shape index (κ3) is 4.48. The van der Waals surface area contributed by atoms with E-state index in [1.54, 1.807) is 38.1 Å². The van der Waals surface area contributed by atoms with Crippen LogP contribution >= 0.6 is 0 Å². The average molecular weight is 485 g/mol.